The Morgan fingerprint density at radius 2 is 1.31 bits per heavy atom. The number of aryl methyl sites for hydroxylation is 1. The summed E-state index contributed by atoms with van der Waals surface area (Å²) >= 11 is 0. The van der Waals surface area contributed by atoms with Crippen LogP contribution in [0.15, 0.2) is 48.5 Å². The summed E-state index contributed by atoms with van der Waals surface area (Å²) in [6, 6.07) is 17.8. The summed E-state index contributed by atoms with van der Waals surface area (Å²) in [5.41, 5.74) is 4.03. The molecule has 1 fully saturated rings. The maximum absolute atomic E-state index is 6.03. The van der Waals surface area contributed by atoms with Gasteiger partial charge in [-0.3, -0.25) is 0 Å². The summed E-state index contributed by atoms with van der Waals surface area (Å²) in [6.07, 6.45) is 18.3. The Morgan fingerprint density at radius 3 is 1.97 bits per heavy atom. The Kier molecular flexibility index (Phi) is 9.63. The lowest BCUT2D eigenvalue weighted by Crippen LogP contribution is -2.15. The Morgan fingerprint density at radius 1 is 0.724 bits per heavy atom. The van der Waals surface area contributed by atoms with Crippen molar-refractivity contribution in [1.82, 2.24) is 0 Å². The fourth-order valence-electron chi connectivity index (χ4n) is 4.27. The number of unbranched alkanes of at least 4 members (excludes halogenated alkanes) is 6. The van der Waals surface area contributed by atoms with Crippen LogP contribution in [-0.2, 0) is 6.42 Å². The van der Waals surface area contributed by atoms with Crippen LogP contribution in [0.1, 0.15) is 83.1 Å². The minimum absolute atomic E-state index is 0.726. The van der Waals surface area contributed by atoms with E-state index < -0.39 is 0 Å². The quantitative estimate of drug-likeness (QED) is 0.330. The fourth-order valence-corrected chi connectivity index (χ4v) is 4.27. The van der Waals surface area contributed by atoms with E-state index in [-0.39, 0.29) is 0 Å². The molecule has 0 aromatic heterocycles. The molecule has 0 spiro atoms. The third kappa shape index (κ3) is 7.88. The number of ether oxygens (including phenoxy) is 1. The van der Waals surface area contributed by atoms with Crippen molar-refractivity contribution in [2.45, 2.75) is 84.0 Å². The molecule has 1 nitrogen and oxygen atoms in total. The van der Waals surface area contributed by atoms with Gasteiger partial charge in [0.25, 0.3) is 0 Å². The molecule has 2 aromatic carbocycles. The summed E-state index contributed by atoms with van der Waals surface area (Å²) in [6.45, 7) is 3.14. The molecule has 1 heteroatoms. The molecule has 0 unspecified atom stereocenters. The Labute approximate surface area is 178 Å². The van der Waals surface area contributed by atoms with Gasteiger partial charge < -0.3 is 4.74 Å². The molecule has 1 aliphatic carbocycles. The third-order valence-electron chi connectivity index (χ3n) is 6.25. The van der Waals surface area contributed by atoms with E-state index >= 15 is 0 Å². The highest BCUT2D eigenvalue weighted by Crippen LogP contribution is 2.26. The summed E-state index contributed by atoms with van der Waals surface area (Å²) in [5.74, 6) is 1.72. The summed E-state index contributed by atoms with van der Waals surface area (Å²) in [4.78, 5) is 0. The molecule has 2 aromatic rings. The van der Waals surface area contributed by atoms with E-state index in [0.29, 0.717) is 0 Å². The van der Waals surface area contributed by atoms with Gasteiger partial charge in [-0.1, -0.05) is 81.8 Å². The molecule has 157 valence electrons. The van der Waals surface area contributed by atoms with Gasteiger partial charge >= 0.3 is 0 Å². The summed E-state index contributed by atoms with van der Waals surface area (Å²) < 4.78 is 6.03. The van der Waals surface area contributed by atoms with Gasteiger partial charge in [-0.25, -0.2) is 0 Å². The highest BCUT2D eigenvalue weighted by atomic mass is 16.5. The van der Waals surface area contributed by atoms with Gasteiger partial charge in [-0.15, -0.1) is 0 Å². The molecule has 0 atom stereocenters. The second kappa shape index (κ2) is 12.7. The molecule has 1 radical (unpaired) electrons. The zero-order chi connectivity index (χ0) is 20.2. The number of benzene rings is 2. The largest absolute Gasteiger partial charge is 0.493 e. The van der Waals surface area contributed by atoms with Crippen LogP contribution in [-0.4, -0.2) is 6.61 Å². The molecule has 0 aliphatic heterocycles. The molecule has 0 bridgehead atoms. The van der Waals surface area contributed by atoms with Crippen molar-refractivity contribution in [3.05, 3.63) is 60.5 Å². The third-order valence-corrected chi connectivity index (χ3v) is 6.25. The van der Waals surface area contributed by atoms with Crippen LogP contribution in [0.2, 0.25) is 0 Å². The zero-order valence-electron chi connectivity index (χ0n) is 18.4. The van der Waals surface area contributed by atoms with Crippen LogP contribution in [0, 0.1) is 12.3 Å². The molecule has 29 heavy (non-hydrogen) atoms. The predicted octanol–water partition coefficient (Wildman–Crippen LogP) is 8.42. The molecular formula is C28H39O. The van der Waals surface area contributed by atoms with Crippen molar-refractivity contribution in [1.29, 1.82) is 0 Å². The average molecular weight is 392 g/mol. The van der Waals surface area contributed by atoms with E-state index in [0.717, 1.165) is 18.3 Å². The zero-order valence-corrected chi connectivity index (χ0v) is 18.4. The van der Waals surface area contributed by atoms with Crippen LogP contribution < -0.4 is 4.74 Å². The van der Waals surface area contributed by atoms with E-state index in [4.69, 9.17) is 4.74 Å². The van der Waals surface area contributed by atoms with Crippen molar-refractivity contribution < 1.29 is 4.74 Å². The lowest BCUT2D eigenvalue weighted by Gasteiger charge is -2.21. The second-order valence-electron chi connectivity index (χ2n) is 8.71. The number of hydrogen-bond acceptors (Lipinski definition) is 1. The Hall–Kier alpha value is -1.76. The van der Waals surface area contributed by atoms with Crippen molar-refractivity contribution in [3.8, 4) is 16.9 Å². The maximum atomic E-state index is 6.03. The van der Waals surface area contributed by atoms with Crippen molar-refractivity contribution in [2.24, 2.45) is 5.92 Å². The first kappa shape index (κ1) is 21.9. The van der Waals surface area contributed by atoms with Gasteiger partial charge in [0, 0.05) is 0 Å². The minimum Gasteiger partial charge on any atom is -0.493 e. The lowest BCUT2D eigenvalue weighted by atomic mass is 9.90. The highest BCUT2D eigenvalue weighted by Gasteiger charge is 2.14. The number of rotatable bonds is 12. The molecule has 3 rings (SSSR count). The van der Waals surface area contributed by atoms with Gasteiger partial charge in [0.15, 0.2) is 0 Å². The standard InChI is InChI=1S/C28H39O/c1-2-3-4-5-6-7-9-12-24-15-17-26(18-16-24)27-19-21-28(22-20-27)29-23-25-13-10-8-11-14-25/h8,15-22,25H,2-7,9-14,23H2,1H3. The SMILES string of the molecule is CCCCCCCCCc1ccc(-c2ccc(OCC3CC[CH]CC3)cc2)cc1. The van der Waals surface area contributed by atoms with Crippen molar-refractivity contribution >= 4 is 0 Å². The highest BCUT2D eigenvalue weighted by molar-refractivity contribution is 5.64. The molecular weight excluding hydrogens is 352 g/mol. The van der Waals surface area contributed by atoms with E-state index in [1.807, 2.05) is 0 Å². The molecule has 0 saturated heterocycles. The van der Waals surface area contributed by atoms with Gasteiger partial charge in [0.1, 0.15) is 5.75 Å². The van der Waals surface area contributed by atoms with Gasteiger partial charge in [0.05, 0.1) is 6.61 Å². The Balaban J connectivity index is 1.39. The van der Waals surface area contributed by atoms with E-state index in [2.05, 4.69) is 61.9 Å². The summed E-state index contributed by atoms with van der Waals surface area (Å²) in [5, 5.41) is 0. The normalized spacial score (nSPS) is 14.8. The first-order chi connectivity index (χ1) is 14.3. The first-order valence-electron chi connectivity index (χ1n) is 12.0. The van der Waals surface area contributed by atoms with Crippen LogP contribution in [0.5, 0.6) is 5.75 Å². The van der Waals surface area contributed by atoms with Gasteiger partial charge in [-0.05, 0) is 79.7 Å². The predicted molar refractivity (Wildman–Crippen MR) is 125 cm³/mol. The number of hydrogen-bond donors (Lipinski definition) is 0. The maximum Gasteiger partial charge on any atom is 0.119 e. The van der Waals surface area contributed by atoms with Gasteiger partial charge in [0.2, 0.25) is 0 Å². The molecule has 0 N–H and O–H groups in total. The molecule has 1 saturated carbocycles. The first-order valence-corrected chi connectivity index (χ1v) is 12.0. The van der Waals surface area contributed by atoms with Crippen molar-refractivity contribution in [2.75, 3.05) is 6.61 Å². The topological polar surface area (TPSA) is 9.23 Å². The molecule has 0 amide bonds. The fraction of sp³-hybridized carbons (Fsp3) is 0.536. The summed E-state index contributed by atoms with van der Waals surface area (Å²) in [7, 11) is 0. The molecule has 0 heterocycles. The van der Waals surface area contributed by atoms with E-state index in [1.165, 1.54) is 93.7 Å². The van der Waals surface area contributed by atoms with Crippen LogP contribution >= 0.6 is 0 Å². The lowest BCUT2D eigenvalue weighted by molar-refractivity contribution is 0.221. The van der Waals surface area contributed by atoms with Crippen LogP contribution in [0.25, 0.3) is 11.1 Å². The second-order valence-corrected chi connectivity index (χ2v) is 8.71. The minimum atomic E-state index is 0.726. The average Bonchev–Trinajstić information content (AvgIpc) is 2.79. The van der Waals surface area contributed by atoms with E-state index in [9.17, 15) is 0 Å². The van der Waals surface area contributed by atoms with Crippen LogP contribution in [0.4, 0.5) is 0 Å². The Bertz CT molecular complexity index is 664. The van der Waals surface area contributed by atoms with Gasteiger partial charge in [-0.2, -0.15) is 0 Å². The van der Waals surface area contributed by atoms with E-state index in [1.54, 1.807) is 0 Å². The van der Waals surface area contributed by atoms with Crippen molar-refractivity contribution in [3.63, 3.8) is 0 Å². The smallest absolute Gasteiger partial charge is 0.119 e. The van der Waals surface area contributed by atoms with Crippen LogP contribution in [0.3, 0.4) is 0 Å². The molecule has 1 aliphatic rings. The monoisotopic (exact) mass is 391 g/mol.